The van der Waals surface area contributed by atoms with Crippen molar-refractivity contribution in [1.29, 1.82) is 0 Å². The van der Waals surface area contributed by atoms with Crippen molar-refractivity contribution in [3.8, 4) is 11.3 Å². The Hall–Kier alpha value is -5.07. The Morgan fingerprint density at radius 3 is 2.04 bits per heavy atom. The molecule has 0 N–H and O–H groups in total. The average Bonchev–Trinajstić information content (AvgIpc) is 3.89. The van der Waals surface area contributed by atoms with E-state index in [1.54, 1.807) is 12.1 Å². The Labute approximate surface area is 329 Å². The summed E-state index contributed by atoms with van der Waals surface area (Å²) < 4.78 is 36.2. The van der Waals surface area contributed by atoms with Crippen molar-refractivity contribution >= 4 is 72.9 Å². The van der Waals surface area contributed by atoms with Crippen LogP contribution in [-0.2, 0) is 20.1 Å². The molecule has 261 valence electrons. The van der Waals surface area contributed by atoms with Crippen molar-refractivity contribution < 1.29 is 33.1 Å². The monoisotopic (exact) mass is 930 g/mol. The van der Waals surface area contributed by atoms with Gasteiger partial charge in [0.1, 0.15) is 16.7 Å². The van der Waals surface area contributed by atoms with Crippen LogP contribution < -0.4 is 4.40 Å². The van der Waals surface area contributed by atoms with Gasteiger partial charge in [0.15, 0.2) is 0 Å². The van der Waals surface area contributed by atoms with Crippen molar-refractivity contribution in [3.63, 3.8) is 0 Å². The number of hydrogen-bond donors (Lipinski definition) is 0. The molecular formula is C47H36GeIrN2O2-2. The Balaban J connectivity index is 0.000000181. The quantitative estimate of drug-likeness (QED) is 0.131. The van der Waals surface area contributed by atoms with Crippen molar-refractivity contribution in [2.24, 2.45) is 4.99 Å². The fraction of sp³-hybridized carbons (Fsp3) is 0.106. The summed E-state index contributed by atoms with van der Waals surface area (Å²) in [6, 6.07) is 50.7. The first kappa shape index (κ1) is 31.5. The smallest absolute Gasteiger partial charge is 0.138 e. The Morgan fingerprint density at radius 2 is 1.34 bits per heavy atom. The zero-order chi connectivity index (χ0) is 37.9. The third kappa shape index (κ3) is 6.37. The SMILES string of the molecule is [2H]C([2H])([2H])c1c[c-]c(-c2cc[c]([Ge]([CH3])([CH3])[CH3])cn2)cc1.[Ir].[c-]1ccc2c(oc3ccccc32)c1C1=Nc2ccccc2C1c1cccc2c1oc1ccccc12. The van der Waals surface area contributed by atoms with E-state index >= 15 is 0 Å². The van der Waals surface area contributed by atoms with E-state index in [2.05, 4.69) is 101 Å². The average molecular weight is 929 g/mol. The summed E-state index contributed by atoms with van der Waals surface area (Å²) in [7, 11) is 0. The third-order valence-corrected chi connectivity index (χ3v) is 14.1. The normalized spacial score (nSPS) is 14.9. The van der Waals surface area contributed by atoms with Crippen LogP contribution in [0.2, 0.25) is 17.3 Å². The molecule has 1 aliphatic rings. The predicted molar refractivity (Wildman–Crippen MR) is 217 cm³/mol. The summed E-state index contributed by atoms with van der Waals surface area (Å²) in [5.41, 5.74) is 10.5. The van der Waals surface area contributed by atoms with Crippen LogP contribution in [0.3, 0.4) is 0 Å². The maximum absolute atomic E-state index is 7.35. The van der Waals surface area contributed by atoms with Gasteiger partial charge in [-0.3, -0.25) is 4.99 Å². The maximum Gasteiger partial charge on any atom is 0.138 e. The van der Waals surface area contributed by atoms with E-state index in [1.807, 2.05) is 54.7 Å². The summed E-state index contributed by atoms with van der Waals surface area (Å²) >= 11 is -1.83. The molecule has 0 saturated heterocycles. The Bertz CT molecular complexity index is 2850. The van der Waals surface area contributed by atoms with Gasteiger partial charge >= 0.3 is 110 Å². The third-order valence-electron chi connectivity index (χ3n) is 9.82. The van der Waals surface area contributed by atoms with Crippen LogP contribution in [0.25, 0.3) is 55.1 Å². The van der Waals surface area contributed by atoms with Gasteiger partial charge in [0, 0.05) is 47.7 Å². The minimum absolute atomic E-state index is 0. The molecule has 1 radical (unpaired) electrons. The first-order chi connectivity index (χ1) is 26.5. The van der Waals surface area contributed by atoms with Gasteiger partial charge in [-0.05, 0) is 29.5 Å². The molecular weight excluding hydrogens is 889 g/mol. The van der Waals surface area contributed by atoms with Gasteiger partial charge in [-0.25, -0.2) is 0 Å². The molecule has 0 bridgehead atoms. The zero-order valence-electron chi connectivity index (χ0n) is 32.4. The summed E-state index contributed by atoms with van der Waals surface area (Å²) in [5.74, 6) is 6.89. The van der Waals surface area contributed by atoms with Crippen LogP contribution in [-0.4, -0.2) is 24.0 Å². The van der Waals surface area contributed by atoms with Crippen molar-refractivity contribution in [2.45, 2.75) is 30.0 Å². The van der Waals surface area contributed by atoms with E-state index in [-0.39, 0.29) is 26.0 Å². The topological polar surface area (TPSA) is 51.5 Å². The summed E-state index contributed by atoms with van der Waals surface area (Å²) in [6.07, 6.45) is 1.95. The van der Waals surface area contributed by atoms with Gasteiger partial charge in [0.05, 0.1) is 11.3 Å². The standard InChI is InChI=1S/C32H18NO2.C15H18GeN.Ir/c1-4-16-26-23(11-1)29(24-14-7-12-21-19-9-2-5-17-27(19)34-31(21)24)30(33-26)25-15-8-13-22-20-10-3-6-18-28(20)35-32(22)25;1-12-5-7-13(8-6-12)15-10-9-14(11-17-15)16(2,3)4;/h1-14,16-18,29H;5-7,9-11H,1-4H3;/q2*-1;/i;1D3;. The molecule has 4 heterocycles. The zero-order valence-corrected chi connectivity index (χ0v) is 33.9. The molecule has 6 heteroatoms. The molecule has 1 unspecified atom stereocenters. The molecule has 10 rings (SSSR count). The van der Waals surface area contributed by atoms with Gasteiger partial charge in [-0.15, -0.1) is 18.2 Å². The number of aliphatic imine (C=N–C) groups is 1. The second kappa shape index (κ2) is 14.1. The van der Waals surface area contributed by atoms with Crippen molar-refractivity contribution in [3.05, 3.63) is 174 Å². The summed E-state index contributed by atoms with van der Waals surface area (Å²) in [5, 5.41) is 4.42. The predicted octanol–water partition coefficient (Wildman–Crippen LogP) is 12.0. The molecule has 1 aliphatic heterocycles. The van der Waals surface area contributed by atoms with Gasteiger partial charge in [-0.1, -0.05) is 83.7 Å². The number of aromatic nitrogens is 1. The van der Waals surface area contributed by atoms with E-state index in [1.165, 1.54) is 10.5 Å². The number of rotatable bonds is 4. The van der Waals surface area contributed by atoms with Gasteiger partial charge in [0.25, 0.3) is 0 Å². The minimum atomic E-state index is -2.08. The second-order valence-corrected chi connectivity index (χ2v) is 24.8. The molecule has 4 nitrogen and oxygen atoms in total. The van der Waals surface area contributed by atoms with Crippen molar-refractivity contribution in [2.75, 3.05) is 0 Å². The molecule has 0 saturated carbocycles. The van der Waals surface area contributed by atoms with Gasteiger partial charge in [-0.2, -0.15) is 0 Å². The van der Waals surface area contributed by atoms with Crippen LogP contribution in [0.15, 0.2) is 153 Å². The molecule has 3 aromatic heterocycles. The number of pyridine rings is 1. The summed E-state index contributed by atoms with van der Waals surface area (Å²) in [4.78, 5) is 9.63. The van der Waals surface area contributed by atoms with E-state index in [0.29, 0.717) is 5.56 Å². The molecule has 6 aromatic carbocycles. The number of nitrogens with zero attached hydrogens (tertiary/aromatic N) is 2. The minimum Gasteiger partial charge on any atom is -0.501 e. The van der Waals surface area contributed by atoms with E-state index in [9.17, 15) is 0 Å². The van der Waals surface area contributed by atoms with Crippen LogP contribution >= 0.6 is 0 Å². The fourth-order valence-corrected chi connectivity index (χ4v) is 9.32. The van der Waals surface area contributed by atoms with E-state index in [4.69, 9.17) is 17.9 Å². The van der Waals surface area contributed by atoms with Crippen LogP contribution in [0.1, 0.15) is 32.3 Å². The Kier molecular flexibility index (Phi) is 8.34. The number of benzene rings is 6. The van der Waals surface area contributed by atoms with Crippen LogP contribution in [0.5, 0.6) is 0 Å². The summed E-state index contributed by atoms with van der Waals surface area (Å²) in [6.45, 7) is -2.08. The Morgan fingerprint density at radius 1 is 0.660 bits per heavy atom. The number of para-hydroxylation sites is 4. The van der Waals surface area contributed by atoms with E-state index in [0.717, 1.165) is 83.2 Å². The van der Waals surface area contributed by atoms with Gasteiger partial charge < -0.3 is 8.83 Å². The molecule has 0 amide bonds. The molecule has 0 spiro atoms. The first-order valence-corrected chi connectivity index (χ1v) is 24.8. The molecule has 53 heavy (non-hydrogen) atoms. The van der Waals surface area contributed by atoms with Crippen LogP contribution in [0, 0.1) is 19.0 Å². The number of fused-ring (bicyclic) bond motifs is 7. The molecule has 0 fully saturated rings. The number of furan rings is 2. The first-order valence-electron chi connectivity index (χ1n) is 18.9. The number of aryl methyl sites for hydroxylation is 1. The van der Waals surface area contributed by atoms with Crippen molar-refractivity contribution in [1.82, 2.24) is 4.98 Å². The second-order valence-electron chi connectivity index (χ2n) is 14.2. The number of hydrogen-bond acceptors (Lipinski definition) is 4. The molecule has 0 aliphatic carbocycles. The molecule has 9 aromatic rings. The largest absolute Gasteiger partial charge is 0.501 e. The van der Waals surface area contributed by atoms with Crippen LogP contribution in [0.4, 0.5) is 5.69 Å². The van der Waals surface area contributed by atoms with E-state index < -0.39 is 20.1 Å². The maximum atomic E-state index is 7.35. The van der Waals surface area contributed by atoms with Gasteiger partial charge in [0.2, 0.25) is 0 Å². The molecule has 1 atom stereocenters. The fourth-order valence-electron chi connectivity index (χ4n) is 7.15.